The summed E-state index contributed by atoms with van der Waals surface area (Å²) in [5.41, 5.74) is 11.5. The molecular formula is C11H14N3OP. The summed E-state index contributed by atoms with van der Waals surface area (Å²) in [6.07, 6.45) is 0. The van der Waals surface area contributed by atoms with Gasteiger partial charge in [-0.1, -0.05) is 42.5 Å². The van der Waals surface area contributed by atoms with E-state index in [0.29, 0.717) is 6.54 Å². The lowest BCUT2D eigenvalue weighted by molar-refractivity contribution is 0.566. The molecule has 0 radical (unpaired) electrons. The summed E-state index contributed by atoms with van der Waals surface area (Å²) in [5.74, 6) is 0. The van der Waals surface area contributed by atoms with Gasteiger partial charge in [0.25, 0.3) is 7.59 Å². The summed E-state index contributed by atoms with van der Waals surface area (Å²) in [5, 5.41) is 4.90. The molecule has 84 valence electrons. The molecule has 0 saturated heterocycles. The van der Waals surface area contributed by atoms with Gasteiger partial charge in [0, 0.05) is 6.54 Å². The number of hydrogen-bond donors (Lipinski definition) is 3. The zero-order valence-electron chi connectivity index (χ0n) is 8.76. The molecule has 0 aromatic heterocycles. The maximum Gasteiger partial charge on any atom is 0.274 e. The highest BCUT2D eigenvalue weighted by atomic mass is 31.2. The SMILES string of the molecule is NP(N)(=O)NCc1cccc2ccccc12. The van der Waals surface area contributed by atoms with Gasteiger partial charge in [0.15, 0.2) is 0 Å². The molecule has 0 amide bonds. The number of nitrogens with one attached hydrogen (secondary N) is 1. The monoisotopic (exact) mass is 235 g/mol. The Kier molecular flexibility index (Phi) is 3.08. The number of rotatable bonds is 3. The molecule has 0 fully saturated rings. The van der Waals surface area contributed by atoms with Gasteiger partial charge >= 0.3 is 0 Å². The third kappa shape index (κ3) is 2.68. The van der Waals surface area contributed by atoms with Gasteiger partial charge in [-0.25, -0.2) is 5.09 Å². The maximum absolute atomic E-state index is 11.2. The smallest absolute Gasteiger partial charge is 0.271 e. The molecule has 16 heavy (non-hydrogen) atoms. The Labute approximate surface area is 94.2 Å². The fourth-order valence-corrected chi connectivity index (χ4v) is 2.07. The second-order valence-electron chi connectivity index (χ2n) is 3.68. The molecule has 0 bridgehead atoms. The highest BCUT2D eigenvalue weighted by Gasteiger charge is 2.07. The van der Waals surface area contributed by atoms with Crippen LogP contribution >= 0.6 is 7.59 Å². The summed E-state index contributed by atoms with van der Waals surface area (Å²) in [6.45, 7) is 0.408. The molecule has 0 aliphatic carbocycles. The fourth-order valence-electron chi connectivity index (χ4n) is 1.66. The van der Waals surface area contributed by atoms with Crippen molar-refractivity contribution in [2.24, 2.45) is 11.0 Å². The quantitative estimate of drug-likeness (QED) is 0.710. The Morgan fingerprint density at radius 3 is 2.50 bits per heavy atom. The molecule has 0 heterocycles. The van der Waals surface area contributed by atoms with Gasteiger partial charge in [0.05, 0.1) is 0 Å². The molecule has 0 aliphatic rings. The van der Waals surface area contributed by atoms with Crippen LogP contribution in [0.25, 0.3) is 10.8 Å². The summed E-state index contributed by atoms with van der Waals surface area (Å²) in [6, 6.07) is 14.0. The first-order valence-corrected chi connectivity index (χ1v) is 6.80. The molecular weight excluding hydrogens is 221 g/mol. The number of hydrogen-bond acceptors (Lipinski definition) is 1. The minimum atomic E-state index is -3.16. The maximum atomic E-state index is 11.2. The molecule has 5 heteroatoms. The van der Waals surface area contributed by atoms with Crippen molar-refractivity contribution in [3.05, 3.63) is 48.0 Å². The van der Waals surface area contributed by atoms with Crippen molar-refractivity contribution in [1.29, 1.82) is 0 Å². The van der Waals surface area contributed by atoms with Gasteiger partial charge in [-0.15, -0.1) is 0 Å². The number of fused-ring (bicyclic) bond motifs is 1. The lowest BCUT2D eigenvalue weighted by Gasteiger charge is -2.10. The Morgan fingerprint density at radius 2 is 1.75 bits per heavy atom. The van der Waals surface area contributed by atoms with E-state index in [9.17, 15) is 4.57 Å². The molecule has 2 aromatic rings. The third-order valence-corrected chi connectivity index (χ3v) is 3.05. The predicted molar refractivity (Wildman–Crippen MR) is 66.8 cm³/mol. The predicted octanol–water partition coefficient (Wildman–Crippen LogP) is 1.95. The van der Waals surface area contributed by atoms with Crippen LogP contribution in [0.5, 0.6) is 0 Å². The summed E-state index contributed by atoms with van der Waals surface area (Å²) in [4.78, 5) is 0. The summed E-state index contributed by atoms with van der Waals surface area (Å²) in [7, 11) is -3.16. The van der Waals surface area contributed by atoms with Gasteiger partial charge in [-0.2, -0.15) is 0 Å². The van der Waals surface area contributed by atoms with E-state index in [1.807, 2.05) is 42.5 Å². The van der Waals surface area contributed by atoms with Crippen LogP contribution in [0, 0.1) is 0 Å². The van der Waals surface area contributed by atoms with Crippen LogP contribution in [0.2, 0.25) is 0 Å². The van der Waals surface area contributed by atoms with Gasteiger partial charge in [-0.05, 0) is 16.3 Å². The van der Waals surface area contributed by atoms with E-state index in [0.717, 1.165) is 16.3 Å². The molecule has 2 rings (SSSR count). The molecule has 0 spiro atoms. The van der Waals surface area contributed by atoms with Gasteiger partial charge in [-0.3, -0.25) is 15.6 Å². The molecule has 0 atom stereocenters. The summed E-state index contributed by atoms with van der Waals surface area (Å²) >= 11 is 0. The zero-order valence-corrected chi connectivity index (χ0v) is 9.65. The molecule has 5 N–H and O–H groups in total. The zero-order chi connectivity index (χ0) is 11.6. The highest BCUT2D eigenvalue weighted by molar-refractivity contribution is 7.56. The van der Waals surface area contributed by atoms with Crippen molar-refractivity contribution < 1.29 is 4.57 Å². The van der Waals surface area contributed by atoms with Gasteiger partial charge in [0.2, 0.25) is 0 Å². The van der Waals surface area contributed by atoms with Crippen LogP contribution in [0.15, 0.2) is 42.5 Å². The van der Waals surface area contributed by atoms with Gasteiger partial charge in [0.1, 0.15) is 0 Å². The minimum absolute atomic E-state index is 0.408. The van der Waals surface area contributed by atoms with Crippen molar-refractivity contribution in [2.45, 2.75) is 6.54 Å². The topological polar surface area (TPSA) is 81.1 Å². The van der Waals surface area contributed by atoms with E-state index in [2.05, 4.69) is 5.09 Å². The summed E-state index contributed by atoms with van der Waals surface area (Å²) < 4.78 is 11.2. The number of nitrogens with two attached hydrogens (primary N) is 2. The molecule has 0 saturated carbocycles. The first kappa shape index (κ1) is 11.3. The Hall–Kier alpha value is -1.19. The van der Waals surface area contributed by atoms with E-state index in [1.54, 1.807) is 0 Å². The fraction of sp³-hybridized carbons (Fsp3) is 0.0909. The lowest BCUT2D eigenvalue weighted by Crippen LogP contribution is -2.21. The Balaban J connectivity index is 2.34. The minimum Gasteiger partial charge on any atom is -0.271 e. The van der Waals surface area contributed by atoms with Crippen LogP contribution < -0.4 is 16.1 Å². The molecule has 0 unspecified atom stereocenters. The normalized spacial score (nSPS) is 11.9. The van der Waals surface area contributed by atoms with E-state index >= 15 is 0 Å². The van der Waals surface area contributed by atoms with Gasteiger partial charge < -0.3 is 0 Å². The van der Waals surface area contributed by atoms with Crippen molar-refractivity contribution >= 4 is 18.4 Å². The average Bonchev–Trinajstić information content (AvgIpc) is 2.25. The van der Waals surface area contributed by atoms with Crippen molar-refractivity contribution in [3.8, 4) is 0 Å². The second-order valence-corrected chi connectivity index (χ2v) is 5.42. The lowest BCUT2D eigenvalue weighted by atomic mass is 10.1. The molecule has 2 aromatic carbocycles. The Bertz CT molecular complexity index is 544. The second kappa shape index (κ2) is 4.36. The van der Waals surface area contributed by atoms with Crippen LogP contribution in [-0.2, 0) is 11.1 Å². The highest BCUT2D eigenvalue weighted by Crippen LogP contribution is 2.22. The van der Waals surface area contributed by atoms with Crippen molar-refractivity contribution in [1.82, 2.24) is 5.09 Å². The van der Waals surface area contributed by atoms with Crippen LogP contribution in [-0.4, -0.2) is 0 Å². The average molecular weight is 235 g/mol. The first-order chi connectivity index (χ1) is 7.56. The molecule has 4 nitrogen and oxygen atoms in total. The first-order valence-electron chi connectivity index (χ1n) is 4.95. The van der Waals surface area contributed by atoms with E-state index in [4.69, 9.17) is 11.0 Å². The standard InChI is InChI=1S/C11H14N3OP/c12-16(13,15)14-8-10-6-3-5-9-4-1-2-7-11(9)10/h1-7H,8H2,(H5,12,13,14,15). The van der Waals surface area contributed by atoms with E-state index in [-0.39, 0.29) is 0 Å². The van der Waals surface area contributed by atoms with Crippen molar-refractivity contribution in [2.75, 3.05) is 0 Å². The van der Waals surface area contributed by atoms with E-state index < -0.39 is 7.59 Å². The Morgan fingerprint density at radius 1 is 1.06 bits per heavy atom. The number of benzene rings is 2. The van der Waals surface area contributed by atoms with Crippen LogP contribution in [0.4, 0.5) is 0 Å². The largest absolute Gasteiger partial charge is 0.274 e. The molecule has 0 aliphatic heterocycles. The van der Waals surface area contributed by atoms with Crippen LogP contribution in [0.3, 0.4) is 0 Å². The van der Waals surface area contributed by atoms with Crippen molar-refractivity contribution in [3.63, 3.8) is 0 Å². The van der Waals surface area contributed by atoms with Crippen LogP contribution in [0.1, 0.15) is 5.56 Å². The van der Waals surface area contributed by atoms with E-state index in [1.165, 1.54) is 0 Å². The third-order valence-electron chi connectivity index (χ3n) is 2.40.